The number of nitrogens with one attached hydrogen (secondary N) is 1. The molecular weight excluding hydrogens is 394 g/mol. The minimum Gasteiger partial charge on any atom is -0.504 e. The molecule has 6 atom stereocenters. The van der Waals surface area contributed by atoms with Crippen LogP contribution in [0.4, 0.5) is 0 Å². The minimum atomic E-state index is -0.860. The Balaban J connectivity index is 0.00000114. The summed E-state index contributed by atoms with van der Waals surface area (Å²) in [5, 5.41) is 22.7. The van der Waals surface area contributed by atoms with Crippen molar-refractivity contribution in [3.8, 4) is 11.5 Å². The summed E-state index contributed by atoms with van der Waals surface area (Å²) in [6.45, 7) is 6.77. The molecule has 4 aliphatic rings. The molecule has 1 spiro atoms. The van der Waals surface area contributed by atoms with Gasteiger partial charge in [0.2, 0.25) is 0 Å². The molecule has 5 rings (SSSR count). The van der Waals surface area contributed by atoms with Crippen molar-refractivity contribution in [2.75, 3.05) is 33.4 Å². The molecular formula is C25H42NO5+. The summed E-state index contributed by atoms with van der Waals surface area (Å²) in [7, 11) is 1.66. The van der Waals surface area contributed by atoms with Crippen LogP contribution in [0, 0.1) is 0 Å². The number of likely N-dealkylation sites (tertiary alicyclic amines) is 1. The van der Waals surface area contributed by atoms with Crippen molar-refractivity contribution in [1.29, 1.82) is 0 Å². The highest BCUT2D eigenvalue weighted by Crippen LogP contribution is 2.63. The van der Waals surface area contributed by atoms with Gasteiger partial charge in [-0.1, -0.05) is 34.9 Å². The number of methoxy groups -OCH3 is 1. The van der Waals surface area contributed by atoms with E-state index in [2.05, 4.69) is 6.58 Å². The van der Waals surface area contributed by atoms with E-state index in [1.165, 1.54) is 10.5 Å². The van der Waals surface area contributed by atoms with E-state index in [4.69, 9.17) is 14.2 Å². The Bertz CT molecular complexity index is 798. The van der Waals surface area contributed by atoms with Gasteiger partial charge in [-0.25, -0.2) is 0 Å². The second kappa shape index (κ2) is 9.10. The van der Waals surface area contributed by atoms with Crippen LogP contribution in [0.3, 0.4) is 0 Å². The lowest BCUT2D eigenvalue weighted by atomic mass is 9.48. The molecule has 0 aromatic heterocycles. The Morgan fingerprint density at radius 1 is 1.26 bits per heavy atom. The van der Waals surface area contributed by atoms with Gasteiger partial charge in [0.15, 0.2) is 11.5 Å². The quantitative estimate of drug-likeness (QED) is 0.471. The van der Waals surface area contributed by atoms with E-state index >= 15 is 0 Å². The maximum Gasteiger partial charge on any atom is 0.165 e. The third-order valence-electron chi connectivity index (χ3n) is 7.68. The van der Waals surface area contributed by atoms with E-state index in [1.807, 2.05) is 12.1 Å². The van der Waals surface area contributed by atoms with Crippen molar-refractivity contribution in [1.82, 2.24) is 0 Å². The van der Waals surface area contributed by atoms with Crippen LogP contribution in [-0.2, 0) is 21.3 Å². The van der Waals surface area contributed by atoms with Gasteiger partial charge in [-0.15, -0.1) is 0 Å². The van der Waals surface area contributed by atoms with E-state index in [-0.39, 0.29) is 46.3 Å². The average molecular weight is 437 g/mol. The van der Waals surface area contributed by atoms with Crippen LogP contribution in [-0.4, -0.2) is 67.5 Å². The second-order valence-corrected chi connectivity index (χ2v) is 8.73. The summed E-state index contributed by atoms with van der Waals surface area (Å²) in [4.78, 5) is 1.40. The van der Waals surface area contributed by atoms with E-state index in [0.29, 0.717) is 25.4 Å². The number of phenolic OH excluding ortho intramolecular Hbond substituents is 1. The number of aliphatic hydroxyl groups is 1. The molecule has 2 unspecified atom stereocenters. The van der Waals surface area contributed by atoms with Gasteiger partial charge >= 0.3 is 0 Å². The van der Waals surface area contributed by atoms with Gasteiger partial charge in [0, 0.05) is 25.5 Å². The van der Waals surface area contributed by atoms with Gasteiger partial charge in [0.25, 0.3) is 0 Å². The molecule has 6 nitrogen and oxygen atoms in total. The van der Waals surface area contributed by atoms with Gasteiger partial charge in [0.1, 0.15) is 17.7 Å². The lowest BCUT2D eigenvalue weighted by molar-refractivity contribution is -0.937. The van der Waals surface area contributed by atoms with Gasteiger partial charge in [0.05, 0.1) is 37.8 Å². The first-order valence-electron chi connectivity index (χ1n) is 10.4. The number of aromatic hydroxyl groups is 1. The van der Waals surface area contributed by atoms with Crippen LogP contribution in [0.2, 0.25) is 0 Å². The standard InChI is InChI=1S/C22H29NO5.3CH4/c1-3-9-23-10-8-21-18-14-4-5-15(24)19(18)28-20(21)16(27-12-11-26-2)6-7-22(21,25)17(23)13-14;;;/h3-5,16-17,20,24-25H,1,6-13H2,2H3;3*1H4/p+1/t16-,17?,20-,21-,22+;;;/m0.../s1. The predicted octanol–water partition coefficient (Wildman–Crippen LogP) is 2.26. The lowest BCUT2D eigenvalue weighted by Crippen LogP contribution is -3.21. The largest absolute Gasteiger partial charge is 0.504 e. The lowest BCUT2D eigenvalue weighted by Gasteiger charge is -2.61. The fourth-order valence-electron chi connectivity index (χ4n) is 6.61. The molecule has 1 saturated carbocycles. The zero-order valence-corrected chi connectivity index (χ0v) is 16.4. The monoisotopic (exact) mass is 436 g/mol. The molecule has 6 heteroatoms. The number of phenols is 1. The molecule has 1 aromatic rings. The molecule has 0 amide bonds. The van der Waals surface area contributed by atoms with Crippen molar-refractivity contribution in [2.45, 2.75) is 77.2 Å². The van der Waals surface area contributed by atoms with E-state index in [9.17, 15) is 10.2 Å². The molecule has 1 aromatic carbocycles. The average Bonchev–Trinajstić information content (AvgIpc) is 3.03. The fourth-order valence-corrected chi connectivity index (χ4v) is 6.61. The molecule has 1 saturated heterocycles. The van der Waals surface area contributed by atoms with Crippen LogP contribution in [0.5, 0.6) is 11.5 Å². The number of quaternary nitrogens is 1. The molecule has 2 aliphatic carbocycles. The zero-order valence-electron chi connectivity index (χ0n) is 16.4. The smallest absolute Gasteiger partial charge is 0.165 e. The number of rotatable bonds is 6. The van der Waals surface area contributed by atoms with Crippen molar-refractivity contribution in [2.24, 2.45) is 0 Å². The highest BCUT2D eigenvalue weighted by atomic mass is 16.6. The molecule has 31 heavy (non-hydrogen) atoms. The highest BCUT2D eigenvalue weighted by molar-refractivity contribution is 5.62. The SMILES string of the molecule is C.C.C.C=CC[NH+]1CC[C@]23c4c5ccc(O)c4O[C@H]2[C@@H](OCCOC)CC[C@@]3(O)C1C5. The summed E-state index contributed by atoms with van der Waals surface area (Å²) in [5.74, 6) is 0.730. The fraction of sp³-hybridized carbons (Fsp3) is 0.680. The Morgan fingerprint density at radius 2 is 2.03 bits per heavy atom. The topological polar surface area (TPSA) is 72.6 Å². The molecule has 2 aliphatic heterocycles. The van der Waals surface area contributed by atoms with Crippen molar-refractivity contribution in [3.63, 3.8) is 0 Å². The predicted molar refractivity (Wildman–Crippen MR) is 123 cm³/mol. The molecule has 2 bridgehead atoms. The Morgan fingerprint density at radius 3 is 2.74 bits per heavy atom. The minimum absolute atomic E-state index is 0. The van der Waals surface area contributed by atoms with Gasteiger partial charge < -0.3 is 29.3 Å². The van der Waals surface area contributed by atoms with E-state index < -0.39 is 11.0 Å². The zero-order chi connectivity index (χ0) is 19.5. The Labute approximate surface area is 187 Å². The first-order chi connectivity index (χ1) is 13.6. The Hall–Kier alpha value is -1.60. The van der Waals surface area contributed by atoms with E-state index in [0.717, 1.165) is 37.9 Å². The summed E-state index contributed by atoms with van der Waals surface area (Å²) in [6, 6.07) is 3.85. The van der Waals surface area contributed by atoms with Gasteiger partial charge in [-0.05, 0) is 30.5 Å². The Kier molecular flexibility index (Phi) is 7.53. The maximum atomic E-state index is 12.2. The number of hydrogen-bond donors (Lipinski definition) is 3. The normalized spacial score (nSPS) is 36.1. The van der Waals surface area contributed by atoms with Crippen LogP contribution in [0.25, 0.3) is 0 Å². The third kappa shape index (κ3) is 3.22. The molecule has 2 heterocycles. The van der Waals surface area contributed by atoms with Crippen LogP contribution >= 0.6 is 0 Å². The van der Waals surface area contributed by atoms with Gasteiger partial charge in [-0.2, -0.15) is 0 Å². The maximum absolute atomic E-state index is 12.2. The molecule has 2 fully saturated rings. The molecule has 0 radical (unpaired) electrons. The number of hydrogen-bond acceptors (Lipinski definition) is 5. The summed E-state index contributed by atoms with van der Waals surface area (Å²) in [5.41, 5.74) is 0.860. The molecule has 176 valence electrons. The summed E-state index contributed by atoms with van der Waals surface area (Å²) in [6.07, 6.45) is 4.61. The number of ether oxygens (including phenoxy) is 3. The van der Waals surface area contributed by atoms with Crippen molar-refractivity contribution < 1.29 is 29.3 Å². The van der Waals surface area contributed by atoms with E-state index in [1.54, 1.807) is 13.2 Å². The third-order valence-corrected chi connectivity index (χ3v) is 7.68. The van der Waals surface area contributed by atoms with Crippen LogP contribution < -0.4 is 9.64 Å². The first-order valence-corrected chi connectivity index (χ1v) is 10.4. The number of benzene rings is 1. The van der Waals surface area contributed by atoms with Gasteiger partial charge in [-0.3, -0.25) is 0 Å². The second-order valence-electron chi connectivity index (χ2n) is 8.73. The van der Waals surface area contributed by atoms with Crippen LogP contribution in [0.1, 0.15) is 52.7 Å². The number of piperidine rings is 1. The molecule has 3 N–H and O–H groups in total. The summed E-state index contributed by atoms with van der Waals surface area (Å²) >= 11 is 0. The highest BCUT2D eigenvalue weighted by Gasteiger charge is 2.74. The first kappa shape index (κ1) is 25.7. The van der Waals surface area contributed by atoms with Crippen molar-refractivity contribution >= 4 is 0 Å². The van der Waals surface area contributed by atoms with Crippen LogP contribution in [0.15, 0.2) is 24.8 Å². The summed E-state index contributed by atoms with van der Waals surface area (Å²) < 4.78 is 17.7. The van der Waals surface area contributed by atoms with Crippen molar-refractivity contribution in [3.05, 3.63) is 35.9 Å².